The molecule has 5 heteroatoms. The zero-order valence-electron chi connectivity index (χ0n) is 20.7. The second-order valence-corrected chi connectivity index (χ2v) is 11.0. The number of aromatic nitrogens is 1. The molecule has 2 heterocycles. The van der Waals surface area contributed by atoms with Gasteiger partial charge in [-0.1, -0.05) is 67.8 Å². The molecule has 2 aliphatic rings. The van der Waals surface area contributed by atoms with Crippen molar-refractivity contribution in [2.45, 2.75) is 50.9 Å². The molecule has 2 aromatic carbocycles. The number of ether oxygens (including phenoxy) is 1. The van der Waals surface area contributed by atoms with Crippen molar-refractivity contribution in [2.75, 3.05) is 6.61 Å². The Hall–Kier alpha value is -3.57. The van der Waals surface area contributed by atoms with Crippen molar-refractivity contribution in [3.63, 3.8) is 0 Å². The standard InChI is InChI=1S/C32H29NO3S/c34-29(23-14-12-22(13-15-23)21-7-2-1-3-8-21)20-36-32(35)30-26-10-4-5-11-28(26)33-31-24(16-17-27(30)31)19-25-9-6-18-37-25/h4-6,9-15,18-19,21H,1-3,7-8,16-17,20H2. The summed E-state index contributed by atoms with van der Waals surface area (Å²) in [4.78, 5) is 32.4. The number of hydrogen-bond donors (Lipinski definition) is 0. The highest BCUT2D eigenvalue weighted by molar-refractivity contribution is 7.10. The zero-order valence-corrected chi connectivity index (χ0v) is 21.6. The zero-order chi connectivity index (χ0) is 25.2. The SMILES string of the molecule is O=C(COC(=O)c1c2c(nc3ccccc13)C(=Cc1cccs1)CC2)c1ccc(C2CCCCC2)cc1. The lowest BCUT2D eigenvalue weighted by Gasteiger charge is -2.22. The molecule has 2 aliphatic carbocycles. The van der Waals surface area contributed by atoms with Gasteiger partial charge in [0.2, 0.25) is 0 Å². The Kier molecular flexibility index (Phi) is 6.71. The smallest absolute Gasteiger partial charge is 0.339 e. The predicted octanol–water partition coefficient (Wildman–Crippen LogP) is 7.87. The first-order chi connectivity index (χ1) is 18.2. The number of hydrogen-bond acceptors (Lipinski definition) is 5. The topological polar surface area (TPSA) is 56.3 Å². The van der Waals surface area contributed by atoms with E-state index in [9.17, 15) is 9.59 Å². The van der Waals surface area contributed by atoms with E-state index in [-0.39, 0.29) is 12.4 Å². The van der Waals surface area contributed by atoms with Crippen LogP contribution < -0.4 is 0 Å². The number of fused-ring (bicyclic) bond motifs is 2. The van der Waals surface area contributed by atoms with Crippen LogP contribution in [-0.4, -0.2) is 23.3 Å². The first kappa shape index (κ1) is 23.8. The van der Waals surface area contributed by atoms with Gasteiger partial charge in [0, 0.05) is 15.8 Å². The quantitative estimate of drug-likeness (QED) is 0.197. The molecule has 0 bridgehead atoms. The van der Waals surface area contributed by atoms with E-state index in [0.717, 1.165) is 40.6 Å². The van der Waals surface area contributed by atoms with Gasteiger partial charge in [-0.05, 0) is 71.9 Å². The van der Waals surface area contributed by atoms with E-state index in [1.54, 1.807) is 11.3 Å². The van der Waals surface area contributed by atoms with E-state index in [2.05, 4.69) is 29.7 Å². The third kappa shape index (κ3) is 4.88. The maximum Gasteiger partial charge on any atom is 0.339 e. The summed E-state index contributed by atoms with van der Waals surface area (Å²) in [6.45, 7) is -0.273. The van der Waals surface area contributed by atoms with Gasteiger partial charge >= 0.3 is 5.97 Å². The number of Topliss-reactive ketones (excluding diaryl/α,β-unsaturated/α-hetero) is 1. The monoisotopic (exact) mass is 507 g/mol. The number of pyridine rings is 1. The van der Waals surface area contributed by atoms with Gasteiger partial charge in [-0.15, -0.1) is 11.3 Å². The fourth-order valence-electron chi connectivity index (χ4n) is 5.72. The van der Waals surface area contributed by atoms with Crippen LogP contribution in [0.3, 0.4) is 0 Å². The Morgan fingerprint density at radius 1 is 0.946 bits per heavy atom. The Balaban J connectivity index is 1.23. The summed E-state index contributed by atoms with van der Waals surface area (Å²) in [6.07, 6.45) is 10.0. The summed E-state index contributed by atoms with van der Waals surface area (Å²) >= 11 is 1.68. The van der Waals surface area contributed by atoms with E-state index in [1.807, 2.05) is 42.5 Å². The van der Waals surface area contributed by atoms with Crippen LogP contribution in [0.1, 0.15) is 86.9 Å². The molecule has 0 amide bonds. The number of thiophene rings is 1. The third-order valence-electron chi connectivity index (χ3n) is 7.65. The average Bonchev–Trinajstić information content (AvgIpc) is 3.61. The maximum atomic E-state index is 13.4. The Bertz CT molecular complexity index is 1480. The number of carbonyl (C=O) groups excluding carboxylic acids is 2. The minimum atomic E-state index is -0.459. The van der Waals surface area contributed by atoms with Crippen molar-refractivity contribution in [3.05, 3.63) is 98.9 Å². The molecule has 186 valence electrons. The first-order valence-electron chi connectivity index (χ1n) is 13.1. The average molecular weight is 508 g/mol. The number of carbonyl (C=O) groups is 2. The minimum Gasteiger partial charge on any atom is -0.454 e. The van der Waals surface area contributed by atoms with Gasteiger partial charge in [-0.3, -0.25) is 4.79 Å². The normalized spacial score (nSPS) is 16.7. The molecular weight excluding hydrogens is 478 g/mol. The molecule has 0 atom stereocenters. The number of ketones is 1. The van der Waals surface area contributed by atoms with Crippen molar-refractivity contribution in [3.8, 4) is 0 Å². The Morgan fingerprint density at radius 2 is 1.76 bits per heavy atom. The molecule has 6 rings (SSSR count). The minimum absolute atomic E-state index is 0.183. The highest BCUT2D eigenvalue weighted by Gasteiger charge is 2.28. The number of esters is 1. The van der Waals surface area contributed by atoms with Crippen LogP contribution in [-0.2, 0) is 11.2 Å². The van der Waals surface area contributed by atoms with Crippen LogP contribution in [0.5, 0.6) is 0 Å². The van der Waals surface area contributed by atoms with Gasteiger partial charge in [0.1, 0.15) is 0 Å². The molecule has 37 heavy (non-hydrogen) atoms. The van der Waals surface area contributed by atoms with Gasteiger partial charge in [-0.25, -0.2) is 9.78 Å². The second-order valence-electron chi connectivity index (χ2n) is 9.97. The lowest BCUT2D eigenvalue weighted by molar-refractivity contribution is 0.0475. The molecule has 0 N–H and O–H groups in total. The highest BCUT2D eigenvalue weighted by Crippen LogP contribution is 2.38. The predicted molar refractivity (Wildman–Crippen MR) is 149 cm³/mol. The van der Waals surface area contributed by atoms with E-state index in [1.165, 1.54) is 42.5 Å². The van der Waals surface area contributed by atoms with Crippen LogP contribution in [0.2, 0.25) is 0 Å². The van der Waals surface area contributed by atoms with Gasteiger partial charge in [0.15, 0.2) is 12.4 Å². The van der Waals surface area contributed by atoms with Crippen molar-refractivity contribution in [1.82, 2.24) is 4.98 Å². The van der Waals surface area contributed by atoms with Gasteiger partial charge in [-0.2, -0.15) is 0 Å². The third-order valence-corrected chi connectivity index (χ3v) is 8.47. The number of para-hydroxylation sites is 1. The Morgan fingerprint density at radius 3 is 2.54 bits per heavy atom. The van der Waals surface area contributed by atoms with Gasteiger partial charge < -0.3 is 4.74 Å². The summed E-state index contributed by atoms with van der Waals surface area (Å²) in [5.74, 6) is -0.0483. The molecule has 4 nitrogen and oxygen atoms in total. The van der Waals surface area contributed by atoms with Gasteiger partial charge in [0.05, 0.1) is 16.8 Å². The number of nitrogens with zero attached hydrogens (tertiary/aromatic N) is 1. The van der Waals surface area contributed by atoms with Gasteiger partial charge in [0.25, 0.3) is 0 Å². The van der Waals surface area contributed by atoms with E-state index >= 15 is 0 Å². The van der Waals surface area contributed by atoms with Crippen LogP contribution in [0.25, 0.3) is 22.6 Å². The second kappa shape index (κ2) is 10.4. The molecule has 4 aromatic rings. The molecule has 0 aliphatic heterocycles. The summed E-state index contributed by atoms with van der Waals surface area (Å²) in [6, 6.07) is 19.7. The fourth-order valence-corrected chi connectivity index (χ4v) is 6.40. The highest BCUT2D eigenvalue weighted by atomic mass is 32.1. The number of benzene rings is 2. The lowest BCUT2D eigenvalue weighted by Crippen LogP contribution is -2.16. The molecule has 0 unspecified atom stereocenters. The summed E-state index contributed by atoms with van der Waals surface area (Å²) in [5, 5.41) is 2.83. The van der Waals surface area contributed by atoms with E-state index in [0.29, 0.717) is 17.0 Å². The van der Waals surface area contributed by atoms with Crippen molar-refractivity contribution < 1.29 is 14.3 Å². The molecule has 1 saturated carbocycles. The summed E-state index contributed by atoms with van der Waals surface area (Å²) < 4.78 is 5.63. The van der Waals surface area contributed by atoms with E-state index in [4.69, 9.17) is 9.72 Å². The van der Waals surface area contributed by atoms with Crippen molar-refractivity contribution in [2.24, 2.45) is 0 Å². The van der Waals surface area contributed by atoms with Crippen LogP contribution in [0.4, 0.5) is 0 Å². The van der Waals surface area contributed by atoms with Crippen molar-refractivity contribution in [1.29, 1.82) is 0 Å². The molecule has 2 aromatic heterocycles. The number of allylic oxidation sites excluding steroid dienone is 1. The van der Waals surface area contributed by atoms with Crippen LogP contribution in [0, 0.1) is 0 Å². The fraction of sp³-hybridized carbons (Fsp3) is 0.281. The maximum absolute atomic E-state index is 13.4. The van der Waals surface area contributed by atoms with Crippen molar-refractivity contribution >= 4 is 45.6 Å². The first-order valence-corrected chi connectivity index (χ1v) is 14.0. The molecule has 0 saturated heterocycles. The molecule has 0 spiro atoms. The Labute approximate surface area is 221 Å². The molecule has 0 radical (unpaired) electrons. The van der Waals surface area contributed by atoms with Crippen LogP contribution in [0.15, 0.2) is 66.0 Å². The van der Waals surface area contributed by atoms with Crippen LogP contribution >= 0.6 is 11.3 Å². The molecule has 1 fully saturated rings. The largest absolute Gasteiger partial charge is 0.454 e. The summed E-state index contributed by atoms with van der Waals surface area (Å²) in [7, 11) is 0. The lowest BCUT2D eigenvalue weighted by atomic mass is 9.84. The summed E-state index contributed by atoms with van der Waals surface area (Å²) in [5.41, 5.74) is 6.09. The van der Waals surface area contributed by atoms with E-state index < -0.39 is 5.97 Å². The molecular formula is C32H29NO3S. The number of rotatable bonds is 6.